The molecule has 0 N–H and O–H groups in total. The summed E-state index contributed by atoms with van der Waals surface area (Å²) in [5.41, 5.74) is 2.99. The fraction of sp³-hybridized carbons (Fsp3) is 0.441. The zero-order valence-electron chi connectivity index (χ0n) is 24.0. The van der Waals surface area contributed by atoms with Crippen LogP contribution in [0.5, 0.6) is 5.75 Å². The smallest absolute Gasteiger partial charge is 0.309 e. The summed E-state index contributed by atoms with van der Waals surface area (Å²) in [5, 5.41) is 0. The van der Waals surface area contributed by atoms with E-state index in [0.717, 1.165) is 17.5 Å². The number of rotatable bonds is 6. The summed E-state index contributed by atoms with van der Waals surface area (Å²) in [5.74, 6) is -10.7. The van der Waals surface area contributed by atoms with E-state index in [1.165, 1.54) is 11.1 Å². The number of carbonyl (C=O) groups is 1. The third-order valence-corrected chi connectivity index (χ3v) is 11.9. The first kappa shape index (κ1) is 29.0. The molecule has 7 aliphatic carbocycles. The molecule has 0 saturated heterocycles. The van der Waals surface area contributed by atoms with E-state index in [2.05, 4.69) is 24.3 Å². The fourth-order valence-corrected chi connectivity index (χ4v) is 10.6. The predicted molar refractivity (Wildman–Crippen MR) is 150 cm³/mol. The standard InChI is InChI=1S/C34H30F4O6S/c35-26-28(37)31(45(40,41)42)29(38)27(36)30(26)44-34-13-17-9-18(14-34)12-33(11-17,15-34)16-43-32(39)24-10-23-19-5-1-3-7-21(19)25(24)22-8-4-2-6-20(22)23/h1-8,17-18,23-25H,9-16H2,(H,40,41,42)/p-1. The molecule has 6 bridgehead atoms. The van der Waals surface area contributed by atoms with E-state index in [4.69, 9.17) is 9.47 Å². The quantitative estimate of drug-likeness (QED) is 0.129. The normalized spacial score (nSPS) is 32.2. The van der Waals surface area contributed by atoms with Crippen LogP contribution in [0.25, 0.3) is 0 Å². The predicted octanol–water partition coefficient (Wildman–Crippen LogP) is 6.71. The molecule has 3 unspecified atom stereocenters. The van der Waals surface area contributed by atoms with Gasteiger partial charge in [-0.3, -0.25) is 4.79 Å². The van der Waals surface area contributed by atoms with E-state index in [9.17, 15) is 35.3 Å². The maximum Gasteiger partial charge on any atom is 0.309 e. The Morgan fingerprint density at radius 3 is 1.87 bits per heavy atom. The van der Waals surface area contributed by atoms with Crippen LogP contribution in [0.3, 0.4) is 0 Å². The highest BCUT2D eigenvalue weighted by Crippen LogP contribution is 2.63. The Hall–Kier alpha value is -3.44. The summed E-state index contributed by atoms with van der Waals surface area (Å²) in [6.07, 6.45) is 3.91. The molecule has 45 heavy (non-hydrogen) atoms. The van der Waals surface area contributed by atoms with Gasteiger partial charge in [0.15, 0.2) is 17.4 Å². The van der Waals surface area contributed by atoms with Crippen molar-refractivity contribution in [3.63, 3.8) is 0 Å². The Morgan fingerprint density at radius 1 is 0.800 bits per heavy atom. The number of esters is 1. The highest BCUT2D eigenvalue weighted by atomic mass is 32.2. The molecule has 0 aromatic heterocycles. The van der Waals surface area contributed by atoms with Crippen LogP contribution in [0.2, 0.25) is 0 Å². The molecule has 236 valence electrons. The Morgan fingerprint density at radius 2 is 1.33 bits per heavy atom. The average Bonchev–Trinajstić information content (AvgIpc) is 3.00. The van der Waals surface area contributed by atoms with Gasteiger partial charge in [-0.1, -0.05) is 48.5 Å². The van der Waals surface area contributed by atoms with Crippen molar-refractivity contribution in [2.45, 2.75) is 67.3 Å². The second-order valence-electron chi connectivity index (χ2n) is 13.9. The molecule has 4 fully saturated rings. The lowest BCUT2D eigenvalue weighted by molar-refractivity contribution is -0.182. The number of halogens is 4. The zero-order chi connectivity index (χ0) is 31.5. The lowest BCUT2D eigenvalue weighted by Crippen LogP contribution is -2.59. The zero-order valence-corrected chi connectivity index (χ0v) is 24.8. The van der Waals surface area contributed by atoms with Crippen LogP contribution in [-0.2, 0) is 19.6 Å². The monoisotopic (exact) mass is 641 g/mol. The molecule has 3 atom stereocenters. The second-order valence-corrected chi connectivity index (χ2v) is 15.2. The van der Waals surface area contributed by atoms with E-state index < -0.39 is 55.0 Å². The molecule has 3 aromatic carbocycles. The van der Waals surface area contributed by atoms with Crippen LogP contribution >= 0.6 is 0 Å². The first-order valence-corrected chi connectivity index (χ1v) is 16.6. The molecule has 0 amide bonds. The van der Waals surface area contributed by atoms with Gasteiger partial charge >= 0.3 is 5.97 Å². The van der Waals surface area contributed by atoms with Crippen molar-refractivity contribution in [2.75, 3.05) is 6.61 Å². The van der Waals surface area contributed by atoms with Gasteiger partial charge in [0.25, 0.3) is 0 Å². The van der Waals surface area contributed by atoms with Crippen molar-refractivity contribution in [1.29, 1.82) is 0 Å². The Kier molecular flexibility index (Phi) is 6.30. The summed E-state index contributed by atoms with van der Waals surface area (Å²) in [6, 6.07) is 16.4. The molecule has 7 aliphatic rings. The lowest BCUT2D eigenvalue weighted by atomic mass is 9.48. The second kappa shape index (κ2) is 9.78. The van der Waals surface area contributed by atoms with Gasteiger partial charge in [0.2, 0.25) is 11.6 Å². The summed E-state index contributed by atoms with van der Waals surface area (Å²) >= 11 is 0. The molecule has 0 spiro atoms. The first-order valence-electron chi connectivity index (χ1n) is 15.2. The number of carbonyl (C=O) groups excluding carboxylic acids is 1. The van der Waals surface area contributed by atoms with Crippen LogP contribution in [-0.4, -0.2) is 31.1 Å². The molecule has 6 nitrogen and oxygen atoms in total. The van der Waals surface area contributed by atoms with Gasteiger partial charge in [-0.25, -0.2) is 17.2 Å². The first-order chi connectivity index (χ1) is 21.4. The van der Waals surface area contributed by atoms with Crippen molar-refractivity contribution < 1.29 is 44.8 Å². The SMILES string of the molecule is O=C(OCC12CC3CC(C1)CC(Oc1c(F)c(F)c(S(=O)(=O)[O-])c(F)c1F)(C3)C2)C1CC2c3ccccc3C1c1ccccc12. The summed E-state index contributed by atoms with van der Waals surface area (Å²) in [4.78, 5) is 11.6. The summed E-state index contributed by atoms with van der Waals surface area (Å²) < 4.78 is 105. The van der Waals surface area contributed by atoms with E-state index >= 15 is 0 Å². The molecule has 0 aliphatic heterocycles. The van der Waals surface area contributed by atoms with Crippen LogP contribution in [0, 0.1) is 46.4 Å². The van der Waals surface area contributed by atoms with E-state index in [0.29, 0.717) is 32.1 Å². The van der Waals surface area contributed by atoms with Crippen molar-refractivity contribution >= 4 is 16.1 Å². The molecule has 0 radical (unpaired) electrons. The molecule has 0 heterocycles. The maximum atomic E-state index is 15.0. The average molecular weight is 642 g/mol. The number of fused-ring (bicyclic) bond motifs is 1. The highest BCUT2D eigenvalue weighted by molar-refractivity contribution is 7.85. The van der Waals surface area contributed by atoms with Crippen molar-refractivity contribution in [3.8, 4) is 5.75 Å². The van der Waals surface area contributed by atoms with E-state index in [1.54, 1.807) is 0 Å². The Bertz CT molecular complexity index is 1790. The minimum absolute atomic E-state index is 0.0801. The van der Waals surface area contributed by atoms with Crippen LogP contribution in [0.4, 0.5) is 17.6 Å². The molecule has 11 heteroatoms. The van der Waals surface area contributed by atoms with Crippen molar-refractivity contribution in [3.05, 3.63) is 94.1 Å². The number of hydrogen-bond donors (Lipinski definition) is 0. The molecule has 4 saturated carbocycles. The van der Waals surface area contributed by atoms with Gasteiger partial charge in [-0.05, 0) is 79.0 Å². The molecular weight excluding hydrogens is 612 g/mol. The topological polar surface area (TPSA) is 92.7 Å². The molecule has 10 rings (SSSR count). The number of hydrogen-bond acceptors (Lipinski definition) is 6. The van der Waals surface area contributed by atoms with Gasteiger partial charge in [0.1, 0.15) is 20.6 Å². The minimum atomic E-state index is -5.83. The van der Waals surface area contributed by atoms with Crippen molar-refractivity contribution in [1.82, 2.24) is 0 Å². The van der Waals surface area contributed by atoms with Gasteiger partial charge in [-0.15, -0.1) is 0 Å². The number of ether oxygens (including phenoxy) is 2. The van der Waals surface area contributed by atoms with Gasteiger partial charge in [0.05, 0.1) is 12.5 Å². The van der Waals surface area contributed by atoms with E-state index in [-0.39, 0.29) is 48.6 Å². The Balaban J connectivity index is 1.06. The molecule has 3 aromatic rings. The fourth-order valence-electron chi connectivity index (χ4n) is 9.97. The van der Waals surface area contributed by atoms with Crippen LogP contribution in [0.1, 0.15) is 79.0 Å². The van der Waals surface area contributed by atoms with Crippen molar-refractivity contribution in [2.24, 2.45) is 23.2 Å². The van der Waals surface area contributed by atoms with Gasteiger partial charge < -0.3 is 14.0 Å². The van der Waals surface area contributed by atoms with E-state index in [1.807, 2.05) is 24.3 Å². The third-order valence-electron chi connectivity index (χ3n) is 11.0. The largest absolute Gasteiger partial charge is 0.744 e. The third kappa shape index (κ3) is 4.36. The molecular formula is C34H29F4O6S-. The minimum Gasteiger partial charge on any atom is -0.744 e. The highest BCUT2D eigenvalue weighted by Gasteiger charge is 2.60. The maximum absolute atomic E-state index is 15.0. The summed E-state index contributed by atoms with van der Waals surface area (Å²) in [6.45, 7) is 0.0855. The lowest BCUT2D eigenvalue weighted by Gasteiger charge is -2.61. The van der Waals surface area contributed by atoms with Gasteiger partial charge in [0, 0.05) is 17.3 Å². The summed E-state index contributed by atoms with van der Waals surface area (Å²) in [7, 11) is -5.83. The van der Waals surface area contributed by atoms with Gasteiger partial charge in [-0.2, -0.15) is 8.78 Å². The number of benzene rings is 3. The van der Waals surface area contributed by atoms with Crippen LogP contribution < -0.4 is 4.74 Å². The van der Waals surface area contributed by atoms with Crippen LogP contribution in [0.15, 0.2) is 53.4 Å². The Labute approximate surface area is 257 Å².